The van der Waals surface area contributed by atoms with Crippen molar-refractivity contribution in [1.82, 2.24) is 10.0 Å². The normalized spacial score (nSPS) is 22.6. The van der Waals surface area contributed by atoms with Crippen molar-refractivity contribution >= 4 is 21.6 Å². The van der Waals surface area contributed by atoms with Crippen LogP contribution in [0.5, 0.6) is 0 Å². The van der Waals surface area contributed by atoms with Crippen LogP contribution in [-0.2, 0) is 20.5 Å². The molecule has 0 aliphatic carbocycles. The molecular weight excluding hydrogens is 312 g/mol. The molecule has 0 radical (unpaired) electrons. The number of nitrogens with one attached hydrogen (secondary N) is 2. The van der Waals surface area contributed by atoms with Gasteiger partial charge in [-0.15, -0.1) is 0 Å². The number of sulfonamides is 1. The van der Waals surface area contributed by atoms with Gasteiger partial charge in [-0.25, -0.2) is 13.1 Å². The maximum atomic E-state index is 12.2. The predicted octanol–water partition coefficient (Wildman–Crippen LogP) is 1.53. The number of rotatable bonds is 7. The van der Waals surface area contributed by atoms with Gasteiger partial charge in [0.05, 0.1) is 17.9 Å². The van der Waals surface area contributed by atoms with Gasteiger partial charge in [0.2, 0.25) is 10.0 Å². The summed E-state index contributed by atoms with van der Waals surface area (Å²) in [5.41, 5.74) is 0.300. The standard InChI is InChI=1S/C14H21ClN2O3S/c1-20-11-14(7-4-8-16-14)10-17-21(18,19)9-12-5-2-3-6-13(12)15/h2-3,5-6,16-17H,4,7-11H2,1H3. The van der Waals surface area contributed by atoms with Gasteiger partial charge in [-0.1, -0.05) is 29.8 Å². The molecule has 21 heavy (non-hydrogen) atoms. The average molecular weight is 333 g/mol. The smallest absolute Gasteiger partial charge is 0.215 e. The summed E-state index contributed by atoms with van der Waals surface area (Å²) in [5, 5.41) is 3.81. The first kappa shape index (κ1) is 16.7. The molecule has 1 aromatic carbocycles. The van der Waals surface area contributed by atoms with Gasteiger partial charge in [0.25, 0.3) is 0 Å². The van der Waals surface area contributed by atoms with E-state index in [1.165, 1.54) is 0 Å². The Bertz CT molecular complexity index is 571. The molecule has 0 amide bonds. The molecule has 1 fully saturated rings. The van der Waals surface area contributed by atoms with Gasteiger partial charge in [0.15, 0.2) is 0 Å². The molecule has 1 atom stereocenters. The Labute approximate surface area is 131 Å². The van der Waals surface area contributed by atoms with Crippen LogP contribution in [0.1, 0.15) is 18.4 Å². The highest BCUT2D eigenvalue weighted by atomic mass is 35.5. The average Bonchev–Trinajstić information content (AvgIpc) is 2.89. The first-order chi connectivity index (χ1) is 9.96. The summed E-state index contributed by atoms with van der Waals surface area (Å²) in [6, 6.07) is 6.97. The van der Waals surface area contributed by atoms with Gasteiger partial charge in [-0.05, 0) is 31.0 Å². The van der Waals surface area contributed by atoms with Crippen LogP contribution in [0, 0.1) is 0 Å². The molecule has 1 unspecified atom stereocenters. The molecule has 0 aromatic heterocycles. The van der Waals surface area contributed by atoms with Crippen molar-refractivity contribution in [2.45, 2.75) is 24.1 Å². The second-order valence-electron chi connectivity index (χ2n) is 5.42. The predicted molar refractivity (Wildman–Crippen MR) is 83.9 cm³/mol. The molecule has 0 spiro atoms. The summed E-state index contributed by atoms with van der Waals surface area (Å²) in [7, 11) is -1.81. The molecule has 0 bridgehead atoms. The Morgan fingerprint density at radius 1 is 1.43 bits per heavy atom. The molecule has 118 valence electrons. The van der Waals surface area contributed by atoms with Crippen molar-refractivity contribution in [3.8, 4) is 0 Å². The van der Waals surface area contributed by atoms with Crippen LogP contribution in [-0.4, -0.2) is 40.8 Å². The monoisotopic (exact) mass is 332 g/mol. The third kappa shape index (κ3) is 4.66. The zero-order chi connectivity index (χ0) is 15.3. The number of halogens is 1. The molecule has 1 heterocycles. The molecular formula is C14H21ClN2O3S. The van der Waals surface area contributed by atoms with Crippen LogP contribution < -0.4 is 10.0 Å². The van der Waals surface area contributed by atoms with Crippen molar-refractivity contribution < 1.29 is 13.2 Å². The van der Waals surface area contributed by atoms with Crippen molar-refractivity contribution in [2.75, 3.05) is 26.8 Å². The second-order valence-corrected chi connectivity index (χ2v) is 7.63. The van der Waals surface area contributed by atoms with Crippen LogP contribution in [0.3, 0.4) is 0 Å². The highest BCUT2D eigenvalue weighted by molar-refractivity contribution is 7.88. The van der Waals surface area contributed by atoms with Gasteiger partial charge >= 0.3 is 0 Å². The molecule has 2 rings (SSSR count). The van der Waals surface area contributed by atoms with Crippen LogP contribution >= 0.6 is 11.6 Å². The van der Waals surface area contributed by atoms with E-state index in [1.807, 2.05) is 0 Å². The molecule has 5 nitrogen and oxygen atoms in total. The lowest BCUT2D eigenvalue weighted by atomic mass is 9.99. The maximum absolute atomic E-state index is 12.2. The SMILES string of the molecule is COCC1(CNS(=O)(=O)Cc2ccccc2Cl)CCCN1. The minimum absolute atomic E-state index is 0.115. The number of hydrogen-bond acceptors (Lipinski definition) is 4. The van der Waals surface area contributed by atoms with E-state index < -0.39 is 10.0 Å². The summed E-state index contributed by atoms with van der Waals surface area (Å²) in [5.74, 6) is -0.115. The summed E-state index contributed by atoms with van der Waals surface area (Å²) in [4.78, 5) is 0. The Kier molecular flexibility index (Phi) is 5.62. The highest BCUT2D eigenvalue weighted by Gasteiger charge is 2.34. The zero-order valence-electron chi connectivity index (χ0n) is 12.1. The molecule has 2 N–H and O–H groups in total. The van der Waals surface area contributed by atoms with E-state index in [0.717, 1.165) is 19.4 Å². The van der Waals surface area contributed by atoms with E-state index >= 15 is 0 Å². The molecule has 1 aliphatic rings. The summed E-state index contributed by atoms with van der Waals surface area (Å²) < 4.78 is 32.3. The number of benzene rings is 1. The third-order valence-corrected chi connectivity index (χ3v) is 5.33. The minimum Gasteiger partial charge on any atom is -0.383 e. The Morgan fingerprint density at radius 3 is 2.81 bits per heavy atom. The molecule has 1 aromatic rings. The van der Waals surface area contributed by atoms with E-state index in [2.05, 4.69) is 10.0 Å². The van der Waals surface area contributed by atoms with E-state index in [-0.39, 0.29) is 11.3 Å². The summed E-state index contributed by atoms with van der Waals surface area (Å²) in [6.45, 7) is 1.70. The number of methoxy groups -OCH3 is 1. The van der Waals surface area contributed by atoms with E-state index in [9.17, 15) is 8.42 Å². The third-order valence-electron chi connectivity index (χ3n) is 3.69. The lowest BCUT2D eigenvalue weighted by molar-refractivity contribution is 0.122. The number of hydrogen-bond donors (Lipinski definition) is 2. The maximum Gasteiger partial charge on any atom is 0.215 e. The zero-order valence-corrected chi connectivity index (χ0v) is 13.6. The van der Waals surface area contributed by atoms with Crippen LogP contribution in [0.4, 0.5) is 0 Å². The topological polar surface area (TPSA) is 67.4 Å². The largest absolute Gasteiger partial charge is 0.383 e. The summed E-state index contributed by atoms with van der Waals surface area (Å²) in [6.07, 6.45) is 1.92. The Hall–Kier alpha value is -0.660. The van der Waals surface area contributed by atoms with Crippen molar-refractivity contribution in [1.29, 1.82) is 0 Å². The molecule has 7 heteroatoms. The van der Waals surface area contributed by atoms with Crippen molar-refractivity contribution in [3.05, 3.63) is 34.9 Å². The van der Waals surface area contributed by atoms with Gasteiger partial charge in [-0.2, -0.15) is 0 Å². The van der Waals surface area contributed by atoms with Crippen LogP contribution in [0.15, 0.2) is 24.3 Å². The quantitative estimate of drug-likeness (QED) is 0.794. The van der Waals surface area contributed by atoms with Crippen LogP contribution in [0.2, 0.25) is 5.02 Å². The lowest BCUT2D eigenvalue weighted by Gasteiger charge is -2.28. The van der Waals surface area contributed by atoms with E-state index in [0.29, 0.717) is 23.7 Å². The van der Waals surface area contributed by atoms with Crippen molar-refractivity contribution in [2.24, 2.45) is 0 Å². The molecule has 1 aliphatic heterocycles. The van der Waals surface area contributed by atoms with Crippen LogP contribution in [0.25, 0.3) is 0 Å². The molecule has 0 saturated carbocycles. The fourth-order valence-corrected chi connectivity index (χ4v) is 4.13. The van der Waals surface area contributed by atoms with E-state index in [1.54, 1.807) is 31.4 Å². The fourth-order valence-electron chi connectivity index (χ4n) is 2.59. The van der Waals surface area contributed by atoms with Crippen molar-refractivity contribution in [3.63, 3.8) is 0 Å². The van der Waals surface area contributed by atoms with Gasteiger partial charge in [0.1, 0.15) is 0 Å². The summed E-state index contributed by atoms with van der Waals surface area (Å²) >= 11 is 6.01. The van der Waals surface area contributed by atoms with Gasteiger partial charge < -0.3 is 10.1 Å². The first-order valence-corrected chi connectivity index (χ1v) is 8.94. The molecule has 1 saturated heterocycles. The highest BCUT2D eigenvalue weighted by Crippen LogP contribution is 2.20. The minimum atomic E-state index is -3.43. The second kappa shape index (κ2) is 7.07. The Morgan fingerprint density at radius 2 is 2.19 bits per heavy atom. The van der Waals surface area contributed by atoms with E-state index in [4.69, 9.17) is 16.3 Å². The Balaban J connectivity index is 1.99. The first-order valence-electron chi connectivity index (χ1n) is 6.91. The lowest BCUT2D eigenvalue weighted by Crippen LogP contribution is -2.53. The fraction of sp³-hybridized carbons (Fsp3) is 0.571. The van der Waals surface area contributed by atoms with Gasteiger partial charge in [0, 0.05) is 18.7 Å². The number of ether oxygens (including phenoxy) is 1. The van der Waals surface area contributed by atoms with Gasteiger partial charge in [-0.3, -0.25) is 0 Å².